The highest BCUT2D eigenvalue weighted by Gasteiger charge is 2.18. The first-order valence-electron chi connectivity index (χ1n) is 5.42. The summed E-state index contributed by atoms with van der Waals surface area (Å²) in [6.45, 7) is 2.45. The molecule has 0 spiro atoms. The molecule has 1 aromatic rings. The van der Waals surface area contributed by atoms with E-state index >= 15 is 0 Å². The predicted molar refractivity (Wildman–Crippen MR) is 67.3 cm³/mol. The molecule has 0 atom stereocenters. The predicted octanol–water partition coefficient (Wildman–Crippen LogP) is 1.60. The van der Waals surface area contributed by atoms with Crippen molar-refractivity contribution in [3.8, 4) is 0 Å². The highest BCUT2D eigenvalue weighted by Crippen LogP contribution is 2.27. The Labute approximate surface area is 109 Å². The lowest BCUT2D eigenvalue weighted by Gasteiger charge is -2.31. The Bertz CT molecular complexity index is 447. The van der Waals surface area contributed by atoms with E-state index in [2.05, 4.69) is 0 Å². The van der Waals surface area contributed by atoms with Gasteiger partial charge in [0, 0.05) is 18.8 Å². The molecule has 1 heterocycles. The van der Waals surface area contributed by atoms with Gasteiger partial charge in [0.1, 0.15) is 0 Å². The second-order valence-corrected chi connectivity index (χ2v) is 4.19. The zero-order chi connectivity index (χ0) is 13.1. The van der Waals surface area contributed by atoms with Crippen molar-refractivity contribution in [1.29, 1.82) is 0 Å². The van der Waals surface area contributed by atoms with Crippen molar-refractivity contribution >= 4 is 28.2 Å². The second-order valence-electron chi connectivity index (χ2n) is 3.85. The minimum Gasteiger partial charge on any atom is -0.733 e. The van der Waals surface area contributed by atoms with Crippen LogP contribution in [0.5, 0.6) is 0 Å². The molecular weight excluding hydrogens is 260 g/mol. The van der Waals surface area contributed by atoms with Crippen LogP contribution < -0.4 is 10.1 Å². The van der Waals surface area contributed by atoms with E-state index in [9.17, 15) is 10.0 Å². The largest absolute Gasteiger partial charge is 0.733 e. The zero-order valence-corrected chi connectivity index (χ0v) is 10.3. The molecule has 1 aliphatic heterocycles. The van der Waals surface area contributed by atoms with Crippen LogP contribution >= 0.6 is 11.6 Å². The normalized spacial score (nSPS) is 15.6. The van der Waals surface area contributed by atoms with Crippen molar-refractivity contribution in [1.82, 2.24) is 0 Å². The molecule has 0 unspecified atom stereocenters. The third-order valence-electron chi connectivity index (χ3n) is 2.76. The lowest BCUT2D eigenvalue weighted by Crippen LogP contribution is -2.37. The molecule has 2 rings (SSSR count). The van der Waals surface area contributed by atoms with Crippen molar-refractivity contribution in [3.63, 3.8) is 0 Å². The van der Waals surface area contributed by atoms with E-state index in [0.717, 1.165) is 0 Å². The summed E-state index contributed by atoms with van der Waals surface area (Å²) in [5.41, 5.74) is 0.811. The van der Waals surface area contributed by atoms with E-state index in [4.69, 9.17) is 21.5 Å². The number of anilines is 2. The molecule has 1 N–H and O–H groups in total. The molecule has 0 bridgehead atoms. The number of halogens is 1. The molecule has 1 aliphatic rings. The molecule has 0 aliphatic carbocycles. The van der Waals surface area contributed by atoms with E-state index < -0.39 is 5.24 Å². The van der Waals surface area contributed by atoms with Gasteiger partial charge in [0.25, 0.3) is 5.24 Å². The lowest BCUT2D eigenvalue weighted by molar-refractivity contribution is 0.107. The van der Waals surface area contributed by atoms with Crippen LogP contribution in [0.1, 0.15) is 10.4 Å². The minimum absolute atomic E-state index is 0.0315. The monoisotopic (exact) mass is 271 g/mol. The molecule has 6 nitrogen and oxygen atoms in total. The quantitative estimate of drug-likeness (QED) is 0.665. The Morgan fingerprint density at radius 1 is 1.44 bits per heavy atom. The first-order chi connectivity index (χ1) is 8.59. The van der Waals surface area contributed by atoms with Crippen molar-refractivity contribution < 1.29 is 14.7 Å². The smallest absolute Gasteiger partial charge is 0.254 e. The Kier molecular flexibility index (Phi) is 4.03. The highest BCUT2D eigenvalue weighted by molar-refractivity contribution is 6.68. The van der Waals surface area contributed by atoms with Gasteiger partial charge in [-0.15, -0.1) is 0 Å². The van der Waals surface area contributed by atoms with E-state index in [1.165, 1.54) is 12.1 Å². The van der Waals surface area contributed by atoms with Gasteiger partial charge in [-0.2, -0.15) is 0 Å². The van der Waals surface area contributed by atoms with Gasteiger partial charge in [0.2, 0.25) is 0 Å². The van der Waals surface area contributed by atoms with Crippen molar-refractivity contribution in [2.45, 2.75) is 0 Å². The summed E-state index contributed by atoms with van der Waals surface area (Å²) in [7, 11) is 0. The van der Waals surface area contributed by atoms with Crippen LogP contribution in [0.25, 0.3) is 0 Å². The van der Waals surface area contributed by atoms with E-state index in [1.807, 2.05) is 4.90 Å². The average Bonchev–Trinajstić information content (AvgIpc) is 2.39. The van der Waals surface area contributed by atoms with Gasteiger partial charge in [0.15, 0.2) is 0 Å². The summed E-state index contributed by atoms with van der Waals surface area (Å²) >= 11 is 5.51. The van der Waals surface area contributed by atoms with Crippen molar-refractivity contribution in [2.24, 2.45) is 0 Å². The summed E-state index contributed by atoms with van der Waals surface area (Å²) < 4.78 is 5.23. The molecule has 0 saturated carbocycles. The third-order valence-corrected chi connectivity index (χ3v) is 2.97. The van der Waals surface area contributed by atoms with E-state index in [1.54, 1.807) is 6.07 Å². The van der Waals surface area contributed by atoms with Gasteiger partial charge in [-0.1, -0.05) is 0 Å². The van der Waals surface area contributed by atoms with Gasteiger partial charge in [-0.3, -0.25) is 10.0 Å². The SMILES string of the molecule is O=C(Cl)c1cc(N([O-])O)ccc1N1CCOCC1. The Morgan fingerprint density at radius 3 is 2.67 bits per heavy atom. The number of rotatable bonds is 3. The first kappa shape index (κ1) is 13.1. The van der Waals surface area contributed by atoms with Gasteiger partial charge < -0.3 is 20.1 Å². The number of benzene rings is 1. The minimum atomic E-state index is -0.666. The fraction of sp³-hybridized carbons (Fsp3) is 0.364. The third kappa shape index (κ3) is 2.73. The number of hydrogen-bond acceptors (Lipinski definition) is 6. The Morgan fingerprint density at radius 2 is 2.11 bits per heavy atom. The molecular formula is C11H12ClN2O4-. The van der Waals surface area contributed by atoms with Crippen LogP contribution in [0.2, 0.25) is 0 Å². The Hall–Kier alpha value is -1.34. The number of hydrogen-bond donors (Lipinski definition) is 1. The van der Waals surface area contributed by atoms with Gasteiger partial charge in [0.05, 0.1) is 24.5 Å². The number of morpholine rings is 1. The molecule has 7 heteroatoms. The summed E-state index contributed by atoms with van der Waals surface area (Å²) in [6, 6.07) is 4.30. The highest BCUT2D eigenvalue weighted by atomic mass is 35.5. The maximum Gasteiger partial charge on any atom is 0.254 e. The molecule has 1 fully saturated rings. The molecule has 0 aromatic heterocycles. The van der Waals surface area contributed by atoms with Gasteiger partial charge in [-0.05, 0) is 29.8 Å². The number of carbonyl (C=O) groups excluding carboxylic acids is 1. The standard InChI is InChI=1S/C11H12ClN2O4/c12-11(15)9-7-8(14(16)17)1-2-10(9)13-3-5-18-6-4-13/h1-2,7,16H,3-6H2/q-1. The average molecular weight is 272 g/mol. The topological polar surface area (TPSA) is 76.1 Å². The molecule has 98 valence electrons. The molecule has 1 aromatic carbocycles. The molecule has 1 saturated heterocycles. The second kappa shape index (κ2) is 5.53. The lowest BCUT2D eigenvalue weighted by atomic mass is 10.1. The molecule has 0 radical (unpaired) electrons. The van der Waals surface area contributed by atoms with Crippen LogP contribution in [-0.4, -0.2) is 36.8 Å². The maximum absolute atomic E-state index is 11.4. The van der Waals surface area contributed by atoms with E-state index in [-0.39, 0.29) is 16.5 Å². The maximum atomic E-state index is 11.4. The van der Waals surface area contributed by atoms with E-state index in [0.29, 0.717) is 32.0 Å². The Balaban J connectivity index is 2.36. The number of nitrogens with zero attached hydrogens (tertiary/aromatic N) is 2. The van der Waals surface area contributed by atoms with Crippen LogP contribution in [-0.2, 0) is 4.74 Å². The van der Waals surface area contributed by atoms with Crippen LogP contribution in [0.3, 0.4) is 0 Å². The van der Waals surface area contributed by atoms with Gasteiger partial charge in [-0.25, -0.2) is 0 Å². The number of carbonyl (C=O) groups is 1. The summed E-state index contributed by atoms with van der Waals surface area (Å²) in [5.74, 6) is 0. The fourth-order valence-electron chi connectivity index (χ4n) is 1.88. The van der Waals surface area contributed by atoms with Crippen molar-refractivity contribution in [3.05, 3.63) is 29.0 Å². The van der Waals surface area contributed by atoms with Gasteiger partial charge >= 0.3 is 0 Å². The molecule has 18 heavy (non-hydrogen) atoms. The molecule has 0 amide bonds. The summed E-state index contributed by atoms with van der Waals surface area (Å²) in [5, 5.41) is 18.6. The number of ether oxygens (including phenoxy) is 1. The van der Waals surface area contributed by atoms with Crippen LogP contribution in [0.4, 0.5) is 11.4 Å². The van der Waals surface area contributed by atoms with Crippen LogP contribution in [0, 0.1) is 5.21 Å². The summed E-state index contributed by atoms with van der Waals surface area (Å²) in [6.07, 6.45) is 0. The zero-order valence-electron chi connectivity index (χ0n) is 9.50. The van der Waals surface area contributed by atoms with Crippen LogP contribution in [0.15, 0.2) is 18.2 Å². The summed E-state index contributed by atoms with van der Waals surface area (Å²) in [4.78, 5) is 13.3. The first-order valence-corrected chi connectivity index (χ1v) is 5.80. The fourth-order valence-corrected chi connectivity index (χ4v) is 2.03. The van der Waals surface area contributed by atoms with Crippen molar-refractivity contribution in [2.75, 3.05) is 36.4 Å².